The molecule has 8 heteroatoms. The van der Waals surface area contributed by atoms with Crippen LogP contribution in [0.2, 0.25) is 0 Å². The highest BCUT2D eigenvalue weighted by Crippen LogP contribution is 2.28. The van der Waals surface area contributed by atoms with Gasteiger partial charge < -0.3 is 5.32 Å². The van der Waals surface area contributed by atoms with Crippen molar-refractivity contribution in [2.24, 2.45) is 0 Å². The number of rotatable bonds is 4. The van der Waals surface area contributed by atoms with Crippen LogP contribution in [0, 0.1) is 17.5 Å². The Bertz CT molecular complexity index is 857. The number of hydrogen-bond donors (Lipinski definition) is 2. The van der Waals surface area contributed by atoms with Crippen molar-refractivity contribution in [3.8, 4) is 0 Å². The molecular formula is C17H17F3N2O2S. The van der Waals surface area contributed by atoms with Crippen molar-refractivity contribution in [1.29, 1.82) is 0 Å². The van der Waals surface area contributed by atoms with Gasteiger partial charge in [0.25, 0.3) is 0 Å². The maximum Gasteiger partial charge on any atom is 0.240 e. The summed E-state index contributed by atoms with van der Waals surface area (Å²) in [6, 6.07) is 7.58. The first-order chi connectivity index (χ1) is 11.9. The van der Waals surface area contributed by atoms with Crippen LogP contribution < -0.4 is 10.0 Å². The molecule has 0 aliphatic carbocycles. The fourth-order valence-electron chi connectivity index (χ4n) is 3.01. The Morgan fingerprint density at radius 2 is 1.72 bits per heavy atom. The van der Waals surface area contributed by atoms with Crippen molar-refractivity contribution in [3.05, 3.63) is 65.5 Å². The lowest BCUT2D eigenvalue weighted by molar-refractivity contribution is 0.376. The molecule has 3 rings (SSSR count). The molecule has 2 N–H and O–H groups in total. The quantitative estimate of drug-likeness (QED) is 0.870. The minimum absolute atomic E-state index is 0.0523. The fourth-order valence-corrected chi connectivity index (χ4v) is 4.28. The molecule has 0 saturated carbocycles. The molecule has 2 aromatic rings. The molecule has 4 nitrogen and oxygen atoms in total. The van der Waals surface area contributed by atoms with Gasteiger partial charge in [0.15, 0.2) is 11.6 Å². The predicted octanol–water partition coefficient (Wildman–Crippen LogP) is 2.53. The van der Waals surface area contributed by atoms with Crippen LogP contribution in [0.25, 0.3) is 0 Å². The summed E-state index contributed by atoms with van der Waals surface area (Å²) in [5.74, 6) is -2.73. The molecule has 2 unspecified atom stereocenters. The normalized spacial score (nSPS) is 21.2. The number of sulfonamides is 1. The van der Waals surface area contributed by atoms with Crippen LogP contribution in [0.3, 0.4) is 0 Å². The first kappa shape index (κ1) is 17.9. The molecule has 1 heterocycles. The second-order valence-corrected chi connectivity index (χ2v) is 7.67. The van der Waals surface area contributed by atoms with Crippen LogP contribution in [-0.2, 0) is 10.0 Å². The number of halogens is 3. The molecule has 25 heavy (non-hydrogen) atoms. The molecule has 0 bridgehead atoms. The number of benzene rings is 2. The molecular weight excluding hydrogens is 353 g/mol. The summed E-state index contributed by atoms with van der Waals surface area (Å²) >= 11 is 0. The van der Waals surface area contributed by atoms with E-state index in [1.165, 1.54) is 18.2 Å². The van der Waals surface area contributed by atoms with E-state index >= 15 is 0 Å². The van der Waals surface area contributed by atoms with Crippen LogP contribution in [-0.4, -0.2) is 27.5 Å². The molecule has 0 radical (unpaired) electrons. The lowest BCUT2D eigenvalue weighted by Gasteiger charge is -2.33. The third-order valence-corrected chi connectivity index (χ3v) is 5.79. The Balaban J connectivity index is 1.85. The van der Waals surface area contributed by atoms with Crippen LogP contribution in [0.1, 0.15) is 17.9 Å². The molecule has 1 saturated heterocycles. The Labute approximate surface area is 144 Å². The van der Waals surface area contributed by atoms with Crippen molar-refractivity contribution < 1.29 is 21.6 Å². The first-order valence-electron chi connectivity index (χ1n) is 7.80. The highest BCUT2D eigenvalue weighted by molar-refractivity contribution is 7.89. The third-order valence-electron chi connectivity index (χ3n) is 4.28. The number of piperidine rings is 1. The van der Waals surface area contributed by atoms with E-state index in [-0.39, 0.29) is 10.8 Å². The van der Waals surface area contributed by atoms with Gasteiger partial charge in [-0.25, -0.2) is 26.3 Å². The molecule has 2 aromatic carbocycles. The van der Waals surface area contributed by atoms with Gasteiger partial charge >= 0.3 is 0 Å². The highest BCUT2D eigenvalue weighted by atomic mass is 32.2. The molecule has 1 aliphatic heterocycles. The summed E-state index contributed by atoms with van der Waals surface area (Å²) < 4.78 is 67.3. The summed E-state index contributed by atoms with van der Waals surface area (Å²) in [4.78, 5) is -0.0523. The molecule has 1 aliphatic rings. The van der Waals surface area contributed by atoms with E-state index in [1.54, 1.807) is 0 Å². The minimum Gasteiger partial charge on any atom is -0.315 e. The topological polar surface area (TPSA) is 58.2 Å². The van der Waals surface area contributed by atoms with Gasteiger partial charge in [-0.1, -0.05) is 6.07 Å². The minimum atomic E-state index is -3.86. The second kappa shape index (κ2) is 7.15. The summed E-state index contributed by atoms with van der Waals surface area (Å²) in [7, 11) is -3.86. The summed E-state index contributed by atoms with van der Waals surface area (Å²) in [5.41, 5.74) is 0.534. The van der Waals surface area contributed by atoms with Gasteiger partial charge in [0.05, 0.1) is 4.90 Å². The SMILES string of the molecule is O=S(=O)(NC1CNCCC1c1ccc(F)c(F)c1)c1ccc(F)cc1. The van der Waals surface area contributed by atoms with Gasteiger partial charge in [0.2, 0.25) is 10.0 Å². The lowest BCUT2D eigenvalue weighted by Crippen LogP contribution is -2.49. The second-order valence-electron chi connectivity index (χ2n) is 5.95. The van der Waals surface area contributed by atoms with Crippen molar-refractivity contribution in [3.63, 3.8) is 0 Å². The van der Waals surface area contributed by atoms with Gasteiger partial charge in [-0.3, -0.25) is 0 Å². The van der Waals surface area contributed by atoms with Gasteiger partial charge in [0, 0.05) is 18.5 Å². The summed E-state index contributed by atoms with van der Waals surface area (Å²) in [5, 5.41) is 3.09. The molecule has 134 valence electrons. The van der Waals surface area contributed by atoms with Gasteiger partial charge in [-0.15, -0.1) is 0 Å². The van der Waals surface area contributed by atoms with Crippen molar-refractivity contribution in [2.75, 3.05) is 13.1 Å². The Morgan fingerprint density at radius 3 is 2.40 bits per heavy atom. The van der Waals surface area contributed by atoms with E-state index < -0.39 is 33.5 Å². The van der Waals surface area contributed by atoms with E-state index in [4.69, 9.17) is 0 Å². The maximum absolute atomic E-state index is 13.5. The summed E-state index contributed by atoms with van der Waals surface area (Å²) in [6.07, 6.45) is 0.571. The van der Waals surface area contributed by atoms with E-state index in [1.807, 2.05) is 0 Å². The van der Waals surface area contributed by atoms with Gasteiger partial charge in [-0.2, -0.15) is 0 Å². The van der Waals surface area contributed by atoms with Crippen molar-refractivity contribution in [1.82, 2.24) is 10.0 Å². The van der Waals surface area contributed by atoms with Crippen LogP contribution in [0.15, 0.2) is 47.4 Å². The number of hydrogen-bond acceptors (Lipinski definition) is 3. The van der Waals surface area contributed by atoms with E-state index in [0.29, 0.717) is 25.1 Å². The lowest BCUT2D eigenvalue weighted by atomic mass is 9.86. The first-order valence-corrected chi connectivity index (χ1v) is 9.29. The average Bonchev–Trinajstić information content (AvgIpc) is 2.58. The predicted molar refractivity (Wildman–Crippen MR) is 87.1 cm³/mol. The van der Waals surface area contributed by atoms with E-state index in [2.05, 4.69) is 10.0 Å². The van der Waals surface area contributed by atoms with E-state index in [0.717, 1.165) is 24.3 Å². The molecule has 0 spiro atoms. The van der Waals surface area contributed by atoms with Crippen molar-refractivity contribution in [2.45, 2.75) is 23.3 Å². The van der Waals surface area contributed by atoms with Gasteiger partial charge in [0.1, 0.15) is 5.82 Å². The largest absolute Gasteiger partial charge is 0.315 e. The summed E-state index contributed by atoms with van der Waals surface area (Å²) in [6.45, 7) is 0.989. The Kier molecular flexibility index (Phi) is 5.12. The highest BCUT2D eigenvalue weighted by Gasteiger charge is 2.31. The van der Waals surface area contributed by atoms with Crippen LogP contribution >= 0.6 is 0 Å². The van der Waals surface area contributed by atoms with Crippen molar-refractivity contribution >= 4 is 10.0 Å². The number of nitrogens with one attached hydrogen (secondary N) is 2. The zero-order valence-electron chi connectivity index (χ0n) is 13.2. The smallest absolute Gasteiger partial charge is 0.240 e. The van der Waals surface area contributed by atoms with Crippen LogP contribution in [0.5, 0.6) is 0 Å². The zero-order valence-corrected chi connectivity index (χ0v) is 14.0. The molecule has 0 amide bonds. The zero-order chi connectivity index (χ0) is 18.0. The Morgan fingerprint density at radius 1 is 1.00 bits per heavy atom. The van der Waals surface area contributed by atoms with Crippen LogP contribution in [0.4, 0.5) is 13.2 Å². The molecule has 1 fully saturated rings. The van der Waals surface area contributed by atoms with E-state index in [9.17, 15) is 21.6 Å². The molecule has 2 atom stereocenters. The fraction of sp³-hybridized carbons (Fsp3) is 0.294. The monoisotopic (exact) mass is 370 g/mol. The third kappa shape index (κ3) is 4.02. The molecule has 0 aromatic heterocycles. The average molecular weight is 370 g/mol. The maximum atomic E-state index is 13.5. The Hall–Kier alpha value is -1.90. The standard InChI is InChI=1S/C17H17F3N2O2S/c18-12-2-4-13(5-3-12)25(23,24)22-17-10-21-8-7-14(17)11-1-6-15(19)16(20)9-11/h1-6,9,14,17,21-22H,7-8,10H2. The van der Waals surface area contributed by atoms with Gasteiger partial charge in [-0.05, 0) is 54.9 Å².